The van der Waals surface area contributed by atoms with Crippen molar-refractivity contribution >= 4 is 11.6 Å². The van der Waals surface area contributed by atoms with Gasteiger partial charge in [0, 0.05) is 24.7 Å². The molecule has 0 bridgehead atoms. The molecule has 0 spiro atoms. The van der Waals surface area contributed by atoms with Gasteiger partial charge >= 0.3 is 0 Å². The second kappa shape index (κ2) is 4.87. The Bertz CT molecular complexity index is 392. The highest BCUT2D eigenvalue weighted by atomic mass is 15.3. The maximum absolute atomic E-state index is 5.85. The van der Waals surface area contributed by atoms with E-state index in [9.17, 15) is 0 Å². The van der Waals surface area contributed by atoms with Crippen LogP contribution in [0.4, 0.5) is 11.6 Å². The molecule has 0 saturated carbocycles. The molecular formula is C12H21N5. The first-order chi connectivity index (χ1) is 8.09. The van der Waals surface area contributed by atoms with Crippen molar-refractivity contribution in [2.24, 2.45) is 0 Å². The zero-order valence-electron chi connectivity index (χ0n) is 10.8. The summed E-state index contributed by atoms with van der Waals surface area (Å²) in [7, 11) is 2.17. The highest BCUT2D eigenvalue weighted by molar-refractivity contribution is 5.56. The van der Waals surface area contributed by atoms with E-state index in [1.54, 1.807) is 6.33 Å². The van der Waals surface area contributed by atoms with Gasteiger partial charge in [0.2, 0.25) is 0 Å². The maximum Gasteiger partial charge on any atom is 0.137 e. The van der Waals surface area contributed by atoms with Crippen LogP contribution in [0.5, 0.6) is 0 Å². The van der Waals surface area contributed by atoms with Crippen molar-refractivity contribution in [3.05, 3.63) is 11.9 Å². The van der Waals surface area contributed by atoms with Crippen LogP contribution in [0.15, 0.2) is 6.33 Å². The Kier molecular flexibility index (Phi) is 3.47. The molecule has 1 aliphatic heterocycles. The van der Waals surface area contributed by atoms with Crippen LogP contribution in [0.2, 0.25) is 0 Å². The first-order valence-corrected chi connectivity index (χ1v) is 6.12. The SMILES string of the molecule is Cc1c(N)ncnc1N1CCCN(C)CC1C. The summed E-state index contributed by atoms with van der Waals surface area (Å²) in [6.07, 6.45) is 2.71. The highest BCUT2D eigenvalue weighted by Gasteiger charge is 2.22. The van der Waals surface area contributed by atoms with E-state index < -0.39 is 0 Å². The Morgan fingerprint density at radius 3 is 2.88 bits per heavy atom. The molecule has 1 aromatic rings. The molecule has 0 aliphatic carbocycles. The molecule has 0 aromatic carbocycles. The number of hydrogen-bond donors (Lipinski definition) is 1. The van der Waals surface area contributed by atoms with E-state index in [-0.39, 0.29) is 0 Å². The van der Waals surface area contributed by atoms with Gasteiger partial charge in [0.25, 0.3) is 0 Å². The third-order valence-corrected chi connectivity index (χ3v) is 3.42. The molecule has 0 radical (unpaired) electrons. The molecule has 1 aromatic heterocycles. The zero-order valence-corrected chi connectivity index (χ0v) is 10.8. The maximum atomic E-state index is 5.85. The van der Waals surface area contributed by atoms with Gasteiger partial charge in [0.05, 0.1) is 0 Å². The van der Waals surface area contributed by atoms with Gasteiger partial charge in [-0.05, 0) is 33.9 Å². The van der Waals surface area contributed by atoms with E-state index in [1.165, 1.54) is 0 Å². The smallest absolute Gasteiger partial charge is 0.137 e. The van der Waals surface area contributed by atoms with Crippen LogP contribution < -0.4 is 10.6 Å². The average Bonchev–Trinajstić information content (AvgIpc) is 2.44. The van der Waals surface area contributed by atoms with Crippen LogP contribution in [0, 0.1) is 6.92 Å². The van der Waals surface area contributed by atoms with E-state index in [4.69, 9.17) is 5.73 Å². The lowest BCUT2D eigenvalue weighted by Crippen LogP contribution is -2.39. The molecule has 94 valence electrons. The fraction of sp³-hybridized carbons (Fsp3) is 0.667. The van der Waals surface area contributed by atoms with Crippen molar-refractivity contribution in [3.63, 3.8) is 0 Å². The lowest BCUT2D eigenvalue weighted by molar-refractivity contribution is 0.337. The molecule has 5 nitrogen and oxygen atoms in total. The Hall–Kier alpha value is -1.36. The van der Waals surface area contributed by atoms with Crippen molar-refractivity contribution in [1.82, 2.24) is 14.9 Å². The minimum atomic E-state index is 0.454. The number of nitrogens with two attached hydrogens (primary N) is 1. The second-order valence-corrected chi connectivity index (χ2v) is 4.87. The summed E-state index contributed by atoms with van der Waals surface area (Å²) in [5.74, 6) is 1.57. The summed E-state index contributed by atoms with van der Waals surface area (Å²) in [5, 5.41) is 0. The van der Waals surface area contributed by atoms with Crippen molar-refractivity contribution in [1.29, 1.82) is 0 Å². The van der Waals surface area contributed by atoms with E-state index >= 15 is 0 Å². The van der Waals surface area contributed by atoms with Crippen LogP contribution >= 0.6 is 0 Å². The molecule has 1 atom stereocenters. The van der Waals surface area contributed by atoms with Gasteiger partial charge in [-0.2, -0.15) is 0 Å². The van der Waals surface area contributed by atoms with Crippen LogP contribution in [0.1, 0.15) is 18.9 Å². The first-order valence-electron chi connectivity index (χ1n) is 6.12. The van der Waals surface area contributed by atoms with Crippen LogP contribution in [-0.4, -0.2) is 47.6 Å². The number of aromatic nitrogens is 2. The van der Waals surface area contributed by atoms with Gasteiger partial charge in [-0.25, -0.2) is 9.97 Å². The number of nitrogens with zero attached hydrogens (tertiary/aromatic N) is 4. The summed E-state index contributed by atoms with van der Waals surface area (Å²) < 4.78 is 0. The molecule has 0 amide bonds. The molecule has 1 fully saturated rings. The average molecular weight is 235 g/mol. The summed E-state index contributed by atoms with van der Waals surface area (Å²) in [6.45, 7) is 7.46. The zero-order chi connectivity index (χ0) is 12.4. The predicted molar refractivity (Wildman–Crippen MR) is 70.1 cm³/mol. The molecule has 1 saturated heterocycles. The Labute approximate surface area is 103 Å². The normalized spacial score (nSPS) is 22.5. The standard InChI is InChI=1S/C12H21N5/c1-9-7-16(3)5-4-6-17(9)12-10(2)11(13)14-8-15-12/h8-9H,4-7H2,1-3H3,(H2,13,14,15). The summed E-state index contributed by atoms with van der Waals surface area (Å²) >= 11 is 0. The van der Waals surface area contributed by atoms with Gasteiger partial charge in [0.1, 0.15) is 18.0 Å². The minimum absolute atomic E-state index is 0.454. The Morgan fingerprint density at radius 2 is 2.12 bits per heavy atom. The van der Waals surface area contributed by atoms with E-state index in [0.717, 1.165) is 37.4 Å². The summed E-state index contributed by atoms with van der Waals surface area (Å²) in [4.78, 5) is 13.1. The van der Waals surface area contributed by atoms with Gasteiger partial charge in [-0.1, -0.05) is 0 Å². The quantitative estimate of drug-likeness (QED) is 0.783. The lowest BCUT2D eigenvalue weighted by atomic mass is 10.2. The Balaban J connectivity index is 2.28. The van der Waals surface area contributed by atoms with Crippen molar-refractivity contribution in [2.75, 3.05) is 37.3 Å². The van der Waals surface area contributed by atoms with Crippen molar-refractivity contribution in [3.8, 4) is 0 Å². The van der Waals surface area contributed by atoms with E-state index in [2.05, 4.69) is 33.7 Å². The molecule has 1 aliphatic rings. The van der Waals surface area contributed by atoms with Gasteiger partial charge in [-0.3, -0.25) is 0 Å². The molecule has 2 N–H and O–H groups in total. The monoisotopic (exact) mass is 235 g/mol. The van der Waals surface area contributed by atoms with E-state index in [1.807, 2.05) is 6.92 Å². The fourth-order valence-corrected chi connectivity index (χ4v) is 2.43. The fourth-order valence-electron chi connectivity index (χ4n) is 2.43. The third-order valence-electron chi connectivity index (χ3n) is 3.42. The van der Waals surface area contributed by atoms with Crippen LogP contribution in [-0.2, 0) is 0 Å². The third kappa shape index (κ3) is 2.49. The van der Waals surface area contributed by atoms with Crippen molar-refractivity contribution in [2.45, 2.75) is 26.3 Å². The van der Waals surface area contributed by atoms with E-state index in [0.29, 0.717) is 11.9 Å². The number of hydrogen-bond acceptors (Lipinski definition) is 5. The largest absolute Gasteiger partial charge is 0.383 e. The van der Waals surface area contributed by atoms with Gasteiger partial charge in [0.15, 0.2) is 0 Å². The summed E-state index contributed by atoms with van der Waals surface area (Å²) in [5.41, 5.74) is 6.84. The van der Waals surface area contributed by atoms with Gasteiger partial charge < -0.3 is 15.5 Å². The molecule has 1 unspecified atom stereocenters. The Morgan fingerprint density at radius 1 is 1.35 bits per heavy atom. The number of nitrogen functional groups attached to an aromatic ring is 1. The lowest BCUT2D eigenvalue weighted by Gasteiger charge is -2.30. The van der Waals surface area contributed by atoms with Gasteiger partial charge in [-0.15, -0.1) is 0 Å². The highest BCUT2D eigenvalue weighted by Crippen LogP contribution is 2.23. The van der Waals surface area contributed by atoms with Crippen LogP contribution in [0.3, 0.4) is 0 Å². The molecule has 2 heterocycles. The predicted octanol–water partition coefficient (Wildman–Crippen LogP) is 0.898. The number of rotatable bonds is 1. The molecule has 2 rings (SSSR count). The van der Waals surface area contributed by atoms with Crippen LogP contribution in [0.25, 0.3) is 0 Å². The topological polar surface area (TPSA) is 58.3 Å². The molecule has 5 heteroatoms. The minimum Gasteiger partial charge on any atom is -0.383 e. The first kappa shape index (κ1) is 12.1. The molecule has 17 heavy (non-hydrogen) atoms. The summed E-state index contributed by atoms with van der Waals surface area (Å²) in [6, 6.07) is 0.454. The number of anilines is 2. The molecular weight excluding hydrogens is 214 g/mol. The second-order valence-electron chi connectivity index (χ2n) is 4.87. The van der Waals surface area contributed by atoms with Crippen molar-refractivity contribution < 1.29 is 0 Å². The number of likely N-dealkylation sites (N-methyl/N-ethyl adjacent to an activating group) is 1.